The predicted octanol–water partition coefficient (Wildman–Crippen LogP) is 1.74. The molecule has 3 saturated heterocycles. The Kier molecular flexibility index (Phi) is 4.38. The number of carbonyl (C=O) groups is 2. The Balaban J connectivity index is 1.28. The van der Waals surface area contributed by atoms with Crippen LogP contribution in [0.3, 0.4) is 0 Å². The number of hydrogen-bond acceptors (Lipinski definition) is 8. The van der Waals surface area contributed by atoms with E-state index in [1.165, 1.54) is 6.08 Å². The van der Waals surface area contributed by atoms with Crippen molar-refractivity contribution in [2.75, 3.05) is 0 Å². The monoisotopic (exact) mass is 502 g/mol. The lowest BCUT2D eigenvalue weighted by atomic mass is 9.44. The minimum absolute atomic E-state index is 0.0299. The summed E-state index contributed by atoms with van der Waals surface area (Å²) in [5.74, 6) is -2.78. The zero-order valence-electron chi connectivity index (χ0n) is 21.6. The van der Waals surface area contributed by atoms with Crippen LogP contribution in [-0.2, 0) is 23.8 Å². The van der Waals surface area contributed by atoms with Crippen molar-refractivity contribution in [1.82, 2.24) is 0 Å². The molecule has 7 rings (SSSR count). The normalized spacial score (nSPS) is 64.8. The van der Waals surface area contributed by atoms with Gasteiger partial charge in [-0.15, -0.1) is 0 Å². The van der Waals surface area contributed by atoms with E-state index >= 15 is 0 Å². The average Bonchev–Trinajstić information content (AvgIpc) is 3.42. The molecular formula is C28H38O8. The molecule has 7 aliphatic rings. The molecular weight excluding hydrogens is 464 g/mol. The van der Waals surface area contributed by atoms with Crippen molar-refractivity contribution in [2.24, 2.45) is 46.3 Å². The third-order valence-corrected chi connectivity index (χ3v) is 12.5. The number of esters is 1. The molecule has 3 aliphatic heterocycles. The third-order valence-electron chi connectivity index (χ3n) is 12.5. The van der Waals surface area contributed by atoms with Crippen molar-refractivity contribution in [3.63, 3.8) is 0 Å². The van der Waals surface area contributed by atoms with Crippen LogP contribution < -0.4 is 0 Å². The zero-order chi connectivity index (χ0) is 25.8. The van der Waals surface area contributed by atoms with Gasteiger partial charge in [0.15, 0.2) is 5.78 Å². The van der Waals surface area contributed by atoms with E-state index in [4.69, 9.17) is 14.2 Å². The first-order chi connectivity index (χ1) is 16.8. The van der Waals surface area contributed by atoms with Gasteiger partial charge in [-0.25, -0.2) is 0 Å². The maximum absolute atomic E-state index is 13.4. The molecule has 3 heterocycles. The molecule has 15 atom stereocenters. The molecule has 4 aliphatic carbocycles. The molecule has 8 nitrogen and oxygen atoms in total. The summed E-state index contributed by atoms with van der Waals surface area (Å²) in [4.78, 5) is 25.9. The molecule has 3 saturated carbocycles. The van der Waals surface area contributed by atoms with E-state index in [1.54, 1.807) is 19.9 Å². The van der Waals surface area contributed by atoms with Gasteiger partial charge >= 0.3 is 5.97 Å². The summed E-state index contributed by atoms with van der Waals surface area (Å²) in [6.45, 7) is 9.47. The highest BCUT2D eigenvalue weighted by molar-refractivity contribution is 5.98. The second-order valence-corrected chi connectivity index (χ2v) is 13.6. The van der Waals surface area contributed by atoms with Crippen LogP contribution in [0.4, 0.5) is 0 Å². The van der Waals surface area contributed by atoms with Crippen molar-refractivity contribution in [3.05, 3.63) is 12.2 Å². The maximum atomic E-state index is 13.4. The van der Waals surface area contributed by atoms with Crippen LogP contribution in [0.1, 0.15) is 60.3 Å². The Morgan fingerprint density at radius 1 is 1.03 bits per heavy atom. The molecule has 0 aromatic carbocycles. The number of hydrogen-bond donors (Lipinski definition) is 3. The van der Waals surface area contributed by atoms with E-state index in [0.717, 1.165) is 19.3 Å². The molecule has 6 fully saturated rings. The van der Waals surface area contributed by atoms with Crippen LogP contribution in [0.15, 0.2) is 12.2 Å². The minimum Gasteiger partial charge on any atom is -0.429 e. The first-order valence-corrected chi connectivity index (χ1v) is 13.7. The third kappa shape index (κ3) is 2.29. The highest BCUT2D eigenvalue weighted by Gasteiger charge is 2.82. The molecule has 0 radical (unpaired) electrons. The summed E-state index contributed by atoms with van der Waals surface area (Å²) in [6, 6.07) is 0. The Bertz CT molecular complexity index is 1090. The van der Waals surface area contributed by atoms with E-state index in [0.29, 0.717) is 6.42 Å². The Hall–Kier alpha value is -1.32. The molecule has 0 bridgehead atoms. The standard InChI is InChI=1S/C28H38O8/c1-12-13(2)28(36-22(12)31)23(32)26(5,33)21-17(34-28)11-16-14-10-20-27(35-20)19(30)7-6-18(29)25(27,4)15(14)8-9-24(16,21)3/h6-7,12-17,19-21,23,30,32-33H,8-11H2,1-5H3/t12-,13-,14-,15+,16+,17+,19+,20-,21+,23+,24+,25+,26-,27-,28+/m1/s1. The summed E-state index contributed by atoms with van der Waals surface area (Å²) in [6.07, 6.45) is 3.37. The Labute approximate surface area is 211 Å². The maximum Gasteiger partial charge on any atom is 0.311 e. The summed E-state index contributed by atoms with van der Waals surface area (Å²) in [7, 11) is 0. The summed E-state index contributed by atoms with van der Waals surface area (Å²) >= 11 is 0. The molecule has 0 unspecified atom stereocenters. The molecule has 198 valence electrons. The predicted molar refractivity (Wildman–Crippen MR) is 125 cm³/mol. The summed E-state index contributed by atoms with van der Waals surface area (Å²) in [5.41, 5.74) is -3.47. The summed E-state index contributed by atoms with van der Waals surface area (Å²) in [5, 5.41) is 34.4. The van der Waals surface area contributed by atoms with E-state index in [1.807, 2.05) is 13.8 Å². The molecule has 0 aromatic rings. The number of ether oxygens (including phenoxy) is 3. The van der Waals surface area contributed by atoms with E-state index < -0.39 is 52.4 Å². The fourth-order valence-electron chi connectivity index (χ4n) is 10.5. The average molecular weight is 503 g/mol. The minimum atomic E-state index is -1.56. The van der Waals surface area contributed by atoms with Crippen LogP contribution in [-0.4, -0.2) is 68.5 Å². The van der Waals surface area contributed by atoms with Gasteiger partial charge in [0, 0.05) is 11.8 Å². The number of ketones is 1. The smallest absolute Gasteiger partial charge is 0.311 e. The van der Waals surface area contributed by atoms with E-state index in [-0.39, 0.29) is 47.1 Å². The number of aliphatic hydroxyl groups excluding tert-OH is 2. The molecule has 0 amide bonds. The molecule has 2 spiro atoms. The molecule has 3 N–H and O–H groups in total. The number of fused-ring (bicyclic) bond motifs is 6. The fourth-order valence-corrected chi connectivity index (χ4v) is 10.5. The summed E-state index contributed by atoms with van der Waals surface area (Å²) < 4.78 is 18.5. The first-order valence-electron chi connectivity index (χ1n) is 13.7. The number of carbonyl (C=O) groups excluding carboxylic acids is 2. The van der Waals surface area contributed by atoms with Crippen LogP contribution in [0.5, 0.6) is 0 Å². The van der Waals surface area contributed by atoms with Crippen molar-refractivity contribution >= 4 is 11.8 Å². The van der Waals surface area contributed by atoms with Gasteiger partial charge in [0.05, 0.1) is 23.5 Å². The van der Waals surface area contributed by atoms with Crippen molar-refractivity contribution in [1.29, 1.82) is 0 Å². The van der Waals surface area contributed by atoms with Gasteiger partial charge < -0.3 is 29.5 Å². The van der Waals surface area contributed by atoms with Gasteiger partial charge in [-0.3, -0.25) is 9.59 Å². The quantitative estimate of drug-likeness (QED) is 0.338. The second kappa shape index (κ2) is 6.63. The number of allylic oxidation sites excluding steroid dienone is 1. The number of aliphatic hydroxyl groups is 3. The van der Waals surface area contributed by atoms with Crippen molar-refractivity contribution in [3.8, 4) is 0 Å². The Morgan fingerprint density at radius 2 is 1.75 bits per heavy atom. The van der Waals surface area contributed by atoms with E-state index in [9.17, 15) is 24.9 Å². The lowest BCUT2D eigenvalue weighted by Gasteiger charge is -2.60. The highest BCUT2D eigenvalue weighted by Crippen LogP contribution is 2.74. The number of rotatable bonds is 0. The number of epoxide rings is 1. The zero-order valence-corrected chi connectivity index (χ0v) is 21.6. The van der Waals surface area contributed by atoms with Gasteiger partial charge in [0.1, 0.15) is 23.4 Å². The SMILES string of the molecule is C[C@@H]1[C@@H](C)C(=O)O[C@@]12O[C@H]1C[C@H]3[C@@H]4C[C@H]5O[C@]56[C@@H](O)C=CC(=O)[C@]6(C)[C@H]4CC[C@]3(C)[C@H]1[C@@](C)(O)[C@@H]2O. The van der Waals surface area contributed by atoms with Crippen molar-refractivity contribution in [2.45, 2.75) is 102 Å². The van der Waals surface area contributed by atoms with E-state index in [2.05, 4.69) is 6.92 Å². The van der Waals surface area contributed by atoms with Gasteiger partial charge in [-0.2, -0.15) is 0 Å². The van der Waals surface area contributed by atoms with Gasteiger partial charge in [-0.1, -0.05) is 20.8 Å². The van der Waals surface area contributed by atoms with Gasteiger partial charge in [-0.05, 0) is 74.9 Å². The molecule has 0 aromatic heterocycles. The van der Waals surface area contributed by atoms with Crippen molar-refractivity contribution < 1.29 is 39.1 Å². The Morgan fingerprint density at radius 3 is 2.42 bits per heavy atom. The van der Waals surface area contributed by atoms with Crippen LogP contribution >= 0.6 is 0 Å². The second-order valence-electron chi connectivity index (χ2n) is 13.6. The first kappa shape index (κ1) is 23.8. The van der Waals surface area contributed by atoms with Crippen LogP contribution in [0.2, 0.25) is 0 Å². The fraction of sp³-hybridized carbons (Fsp3) is 0.857. The largest absolute Gasteiger partial charge is 0.429 e. The van der Waals surface area contributed by atoms with Crippen LogP contribution in [0.25, 0.3) is 0 Å². The molecule has 8 heteroatoms. The molecule has 36 heavy (non-hydrogen) atoms. The lowest BCUT2D eigenvalue weighted by molar-refractivity contribution is -0.368. The topological polar surface area (TPSA) is 126 Å². The van der Waals surface area contributed by atoms with Crippen LogP contribution in [0, 0.1) is 46.3 Å². The lowest BCUT2D eigenvalue weighted by Crippen LogP contribution is -2.71. The van der Waals surface area contributed by atoms with Gasteiger partial charge in [0.2, 0.25) is 5.79 Å². The highest BCUT2D eigenvalue weighted by atomic mass is 16.7. The van der Waals surface area contributed by atoms with Gasteiger partial charge in [0.25, 0.3) is 0 Å².